The molecular weight excluding hydrogens is 264 g/mol. The third kappa shape index (κ3) is 10.9. The number of allylic oxidation sites excluding steroid dienone is 1. The monoisotopic (exact) mass is 300 g/mol. The summed E-state index contributed by atoms with van der Waals surface area (Å²) in [6, 6.07) is 0. The van der Waals surface area contributed by atoms with Gasteiger partial charge < -0.3 is 14.2 Å². The molecule has 0 saturated carbocycles. The predicted octanol–water partition coefficient (Wildman–Crippen LogP) is 5.10. The second-order valence-corrected chi connectivity index (χ2v) is 5.59. The van der Waals surface area contributed by atoms with E-state index in [0.29, 0.717) is 6.61 Å². The van der Waals surface area contributed by atoms with E-state index in [0.717, 1.165) is 12.8 Å². The molecule has 0 aliphatic heterocycles. The molecule has 3 nitrogen and oxygen atoms in total. The zero-order valence-electron chi connectivity index (χ0n) is 14.8. The third-order valence-corrected chi connectivity index (χ3v) is 3.84. The summed E-state index contributed by atoms with van der Waals surface area (Å²) < 4.78 is 16.4. The van der Waals surface area contributed by atoms with Crippen LogP contribution in [0, 0.1) is 0 Å². The first kappa shape index (κ1) is 20.6. The normalized spacial score (nSPS) is 15.2. The minimum absolute atomic E-state index is 0.0848. The van der Waals surface area contributed by atoms with Crippen molar-refractivity contribution >= 4 is 0 Å². The van der Waals surface area contributed by atoms with Gasteiger partial charge in [0.25, 0.3) is 0 Å². The number of ether oxygens (including phenoxy) is 3. The summed E-state index contributed by atoms with van der Waals surface area (Å²) in [5.41, 5.74) is 1.29. The average Bonchev–Trinajstić information content (AvgIpc) is 2.50. The zero-order chi connectivity index (χ0) is 15.9. The van der Waals surface area contributed by atoms with Crippen LogP contribution in [0.4, 0.5) is 0 Å². The van der Waals surface area contributed by atoms with Crippen molar-refractivity contribution < 1.29 is 14.2 Å². The van der Waals surface area contributed by atoms with Crippen LogP contribution in [-0.2, 0) is 14.2 Å². The fraction of sp³-hybridized carbons (Fsp3) is 0.889. The van der Waals surface area contributed by atoms with Crippen molar-refractivity contribution in [3.05, 3.63) is 11.6 Å². The maximum atomic E-state index is 5.57. The highest BCUT2D eigenvalue weighted by Crippen LogP contribution is 2.16. The second kappa shape index (κ2) is 14.6. The molecule has 0 aromatic rings. The molecule has 0 radical (unpaired) electrons. The van der Waals surface area contributed by atoms with Crippen LogP contribution in [0.2, 0.25) is 0 Å². The van der Waals surface area contributed by atoms with Gasteiger partial charge in [0.1, 0.15) is 0 Å². The van der Waals surface area contributed by atoms with E-state index in [1.807, 2.05) is 6.92 Å². The van der Waals surface area contributed by atoms with Gasteiger partial charge >= 0.3 is 0 Å². The van der Waals surface area contributed by atoms with Gasteiger partial charge in [0.05, 0.1) is 6.10 Å². The molecular formula is C18H36O3. The molecule has 2 atom stereocenters. The quantitative estimate of drug-likeness (QED) is 0.254. The summed E-state index contributed by atoms with van der Waals surface area (Å²) in [6.07, 6.45) is 12.1. The maximum absolute atomic E-state index is 5.57. The summed E-state index contributed by atoms with van der Waals surface area (Å²) >= 11 is 0. The van der Waals surface area contributed by atoms with Crippen molar-refractivity contribution in [2.45, 2.75) is 84.5 Å². The summed E-state index contributed by atoms with van der Waals surface area (Å²) in [5, 5.41) is 0. The van der Waals surface area contributed by atoms with Crippen LogP contribution >= 0.6 is 0 Å². The Balaban J connectivity index is 4.00. The van der Waals surface area contributed by atoms with E-state index in [9.17, 15) is 0 Å². The molecule has 0 rings (SSSR count). The average molecular weight is 300 g/mol. The molecule has 0 aromatic heterocycles. The minimum atomic E-state index is -0.183. The Labute approximate surface area is 132 Å². The van der Waals surface area contributed by atoms with Crippen molar-refractivity contribution in [1.82, 2.24) is 0 Å². The molecule has 2 unspecified atom stereocenters. The van der Waals surface area contributed by atoms with Crippen LogP contribution in [0.5, 0.6) is 0 Å². The summed E-state index contributed by atoms with van der Waals surface area (Å²) in [4.78, 5) is 0. The number of hydrogen-bond acceptors (Lipinski definition) is 3. The highest BCUT2D eigenvalue weighted by molar-refractivity contribution is 5.05. The SMILES string of the molecule is CCCCCCCCC=C(C)C(CC(OC)OCC)OC. The lowest BCUT2D eigenvalue weighted by atomic mass is 10.0. The van der Waals surface area contributed by atoms with Crippen molar-refractivity contribution in [2.75, 3.05) is 20.8 Å². The summed E-state index contributed by atoms with van der Waals surface area (Å²) in [5.74, 6) is 0. The van der Waals surface area contributed by atoms with Crippen molar-refractivity contribution in [2.24, 2.45) is 0 Å². The van der Waals surface area contributed by atoms with Crippen LogP contribution in [0.3, 0.4) is 0 Å². The van der Waals surface area contributed by atoms with Gasteiger partial charge in [-0.15, -0.1) is 0 Å². The fourth-order valence-corrected chi connectivity index (χ4v) is 2.45. The maximum Gasteiger partial charge on any atom is 0.159 e. The highest BCUT2D eigenvalue weighted by Gasteiger charge is 2.17. The van der Waals surface area contributed by atoms with Crippen LogP contribution in [0.25, 0.3) is 0 Å². The molecule has 0 saturated heterocycles. The Kier molecular flexibility index (Phi) is 14.3. The summed E-state index contributed by atoms with van der Waals surface area (Å²) in [7, 11) is 3.44. The molecule has 0 bridgehead atoms. The zero-order valence-corrected chi connectivity index (χ0v) is 14.8. The molecule has 21 heavy (non-hydrogen) atoms. The molecule has 0 fully saturated rings. The number of unbranched alkanes of at least 4 members (excludes halogenated alkanes) is 6. The van der Waals surface area contributed by atoms with E-state index >= 15 is 0 Å². The van der Waals surface area contributed by atoms with Crippen LogP contribution < -0.4 is 0 Å². The number of hydrogen-bond donors (Lipinski definition) is 0. The van der Waals surface area contributed by atoms with E-state index in [4.69, 9.17) is 14.2 Å². The van der Waals surface area contributed by atoms with E-state index < -0.39 is 0 Å². The molecule has 3 heteroatoms. The van der Waals surface area contributed by atoms with Gasteiger partial charge in [0, 0.05) is 27.2 Å². The lowest BCUT2D eigenvalue weighted by Crippen LogP contribution is -2.25. The van der Waals surface area contributed by atoms with Crippen LogP contribution in [-0.4, -0.2) is 33.2 Å². The van der Waals surface area contributed by atoms with Gasteiger partial charge in [-0.25, -0.2) is 0 Å². The van der Waals surface area contributed by atoms with Crippen LogP contribution in [0.15, 0.2) is 11.6 Å². The van der Waals surface area contributed by atoms with Gasteiger partial charge in [-0.2, -0.15) is 0 Å². The first-order valence-electron chi connectivity index (χ1n) is 8.53. The van der Waals surface area contributed by atoms with E-state index in [2.05, 4.69) is 19.9 Å². The third-order valence-electron chi connectivity index (χ3n) is 3.84. The van der Waals surface area contributed by atoms with Crippen molar-refractivity contribution in [1.29, 1.82) is 0 Å². The van der Waals surface area contributed by atoms with Gasteiger partial charge in [-0.1, -0.05) is 45.1 Å². The van der Waals surface area contributed by atoms with Crippen molar-refractivity contribution in [3.63, 3.8) is 0 Å². The number of rotatable bonds is 14. The standard InChI is InChI=1S/C18H36O3/c1-6-8-9-10-11-12-13-14-16(3)17(19-4)15-18(20-5)21-7-2/h14,17-18H,6-13,15H2,1-5H3. The molecule has 0 spiro atoms. The lowest BCUT2D eigenvalue weighted by molar-refractivity contribution is -0.137. The highest BCUT2D eigenvalue weighted by atomic mass is 16.7. The number of methoxy groups -OCH3 is 2. The van der Waals surface area contributed by atoms with E-state index in [1.165, 1.54) is 44.1 Å². The van der Waals surface area contributed by atoms with E-state index in [1.54, 1.807) is 14.2 Å². The van der Waals surface area contributed by atoms with Gasteiger partial charge in [0.15, 0.2) is 6.29 Å². The Hall–Kier alpha value is -0.380. The largest absolute Gasteiger partial charge is 0.377 e. The smallest absolute Gasteiger partial charge is 0.159 e. The summed E-state index contributed by atoms with van der Waals surface area (Å²) in [6.45, 7) is 7.04. The van der Waals surface area contributed by atoms with Crippen LogP contribution in [0.1, 0.15) is 72.1 Å². The Morgan fingerprint density at radius 2 is 1.62 bits per heavy atom. The molecule has 0 aromatic carbocycles. The van der Waals surface area contributed by atoms with Gasteiger partial charge in [-0.05, 0) is 32.3 Å². The van der Waals surface area contributed by atoms with Gasteiger partial charge in [0.2, 0.25) is 0 Å². The Morgan fingerprint density at radius 3 is 2.19 bits per heavy atom. The Morgan fingerprint density at radius 1 is 0.952 bits per heavy atom. The lowest BCUT2D eigenvalue weighted by Gasteiger charge is -2.22. The topological polar surface area (TPSA) is 27.7 Å². The molecule has 126 valence electrons. The van der Waals surface area contributed by atoms with E-state index in [-0.39, 0.29) is 12.4 Å². The fourth-order valence-electron chi connectivity index (χ4n) is 2.45. The molecule has 0 amide bonds. The van der Waals surface area contributed by atoms with Crippen molar-refractivity contribution in [3.8, 4) is 0 Å². The first-order valence-corrected chi connectivity index (χ1v) is 8.53. The molecule has 0 N–H and O–H groups in total. The van der Waals surface area contributed by atoms with Gasteiger partial charge in [-0.3, -0.25) is 0 Å². The molecule has 0 aliphatic rings. The second-order valence-electron chi connectivity index (χ2n) is 5.59. The predicted molar refractivity (Wildman–Crippen MR) is 89.6 cm³/mol. The molecule has 0 heterocycles. The Bertz CT molecular complexity index is 251. The minimum Gasteiger partial charge on any atom is -0.377 e. The molecule has 0 aliphatic carbocycles. The first-order chi connectivity index (χ1) is 10.2.